The van der Waals surface area contributed by atoms with Crippen LogP contribution in [0.5, 0.6) is 5.75 Å². The minimum Gasteiger partial charge on any atom is -0.506 e. The van der Waals surface area contributed by atoms with Gasteiger partial charge in [0.05, 0.1) is 12.1 Å². The Labute approximate surface area is 228 Å². The molecule has 1 aliphatic heterocycles. The summed E-state index contributed by atoms with van der Waals surface area (Å²) in [5, 5.41) is 6.98. The van der Waals surface area contributed by atoms with Crippen molar-refractivity contribution in [2.75, 3.05) is 0 Å². The van der Waals surface area contributed by atoms with Crippen LogP contribution in [0.3, 0.4) is 0 Å². The van der Waals surface area contributed by atoms with Gasteiger partial charge in [0.25, 0.3) is 0 Å². The van der Waals surface area contributed by atoms with Gasteiger partial charge in [-0.2, -0.15) is 0 Å². The molecule has 5 aromatic carbocycles. The third-order valence-electron chi connectivity index (χ3n) is 6.66. The van der Waals surface area contributed by atoms with Crippen molar-refractivity contribution in [1.29, 1.82) is 0 Å². The van der Waals surface area contributed by atoms with E-state index in [1.807, 2.05) is 54.7 Å². The van der Waals surface area contributed by atoms with Crippen molar-refractivity contribution in [3.05, 3.63) is 127 Å². The van der Waals surface area contributed by atoms with Crippen LogP contribution in [0.2, 0.25) is 0 Å². The standard InChI is InChI=1S/C20H12NO.C13H8N.Ir/c1-3-7-15-13(5-1)9-10-16-17(15)12-22-19-11-14-6-2-4-8-18(14)21-20(16)19;1-2-6-12-10(4-1)7-8-11-5-3-9-14-13(11)12;/h1-9,11H,12H2;1-5,7-9H;/q2*-1;. The molecule has 4 heteroatoms. The number of fused-ring (bicyclic) bond motifs is 9. The van der Waals surface area contributed by atoms with Crippen LogP contribution in [0, 0.1) is 12.1 Å². The summed E-state index contributed by atoms with van der Waals surface area (Å²) in [7, 11) is 0. The first-order chi connectivity index (χ1) is 17.8. The Kier molecular flexibility index (Phi) is 6.13. The minimum atomic E-state index is 0. The normalized spacial score (nSPS) is 11.7. The van der Waals surface area contributed by atoms with E-state index in [1.54, 1.807) is 0 Å². The maximum atomic E-state index is 5.98. The SMILES string of the molecule is [Ir].[c-]1cc2ccccc2c2c1-c1nc3ccccc3cc1OC2.[c-]1cccc2ccc3cccnc3c12. The number of benzene rings is 5. The number of hydrogen-bond donors (Lipinski definition) is 0. The molecule has 3 nitrogen and oxygen atoms in total. The average molecular weight is 653 g/mol. The van der Waals surface area contributed by atoms with E-state index < -0.39 is 0 Å². The molecule has 0 saturated heterocycles. The molecule has 1 aliphatic rings. The predicted molar refractivity (Wildman–Crippen MR) is 146 cm³/mol. The Balaban J connectivity index is 0.000000146. The van der Waals surface area contributed by atoms with Crippen molar-refractivity contribution in [2.24, 2.45) is 0 Å². The van der Waals surface area contributed by atoms with Crippen LogP contribution in [0.1, 0.15) is 5.56 Å². The van der Waals surface area contributed by atoms with Crippen LogP contribution in [0.4, 0.5) is 0 Å². The van der Waals surface area contributed by atoms with Gasteiger partial charge in [-0.15, -0.1) is 52.7 Å². The van der Waals surface area contributed by atoms with Gasteiger partial charge in [-0.25, -0.2) is 0 Å². The third-order valence-corrected chi connectivity index (χ3v) is 6.66. The zero-order valence-corrected chi connectivity index (χ0v) is 22.1. The first-order valence-corrected chi connectivity index (χ1v) is 11.9. The van der Waals surface area contributed by atoms with E-state index in [0.717, 1.165) is 38.8 Å². The third kappa shape index (κ3) is 4.15. The van der Waals surface area contributed by atoms with Crippen molar-refractivity contribution in [1.82, 2.24) is 9.97 Å². The smallest absolute Gasteiger partial charge is 0.104 e. The summed E-state index contributed by atoms with van der Waals surface area (Å²) in [5.41, 5.74) is 5.15. The van der Waals surface area contributed by atoms with Crippen LogP contribution in [-0.4, -0.2) is 9.97 Å². The molecule has 0 fully saturated rings. The van der Waals surface area contributed by atoms with E-state index in [4.69, 9.17) is 9.72 Å². The summed E-state index contributed by atoms with van der Waals surface area (Å²) in [4.78, 5) is 9.19. The number of ether oxygens (including phenoxy) is 1. The van der Waals surface area contributed by atoms with E-state index in [-0.39, 0.29) is 20.1 Å². The molecule has 8 rings (SSSR count). The number of pyridine rings is 2. The molecule has 0 spiro atoms. The maximum absolute atomic E-state index is 5.98. The molecule has 0 saturated carbocycles. The minimum absolute atomic E-state index is 0. The van der Waals surface area contributed by atoms with Gasteiger partial charge in [0, 0.05) is 37.4 Å². The van der Waals surface area contributed by atoms with Gasteiger partial charge in [-0.3, -0.25) is 4.98 Å². The fraction of sp³-hybridized carbons (Fsp3) is 0.0303. The molecule has 0 amide bonds. The summed E-state index contributed by atoms with van der Waals surface area (Å²) in [6.07, 6.45) is 1.82. The number of para-hydroxylation sites is 1. The van der Waals surface area contributed by atoms with Gasteiger partial charge in [0.2, 0.25) is 0 Å². The Bertz CT molecular complexity index is 1850. The number of nitrogens with zero attached hydrogens (tertiary/aromatic N) is 2. The van der Waals surface area contributed by atoms with Crippen LogP contribution in [0.15, 0.2) is 109 Å². The largest absolute Gasteiger partial charge is 0.506 e. The first kappa shape index (κ1) is 23.3. The molecule has 0 N–H and O–H groups in total. The topological polar surface area (TPSA) is 35.0 Å². The van der Waals surface area contributed by atoms with E-state index in [1.165, 1.54) is 27.1 Å². The molecule has 3 heterocycles. The molecule has 2 aromatic heterocycles. The van der Waals surface area contributed by atoms with Crippen molar-refractivity contribution in [3.8, 4) is 17.0 Å². The van der Waals surface area contributed by atoms with Gasteiger partial charge in [0.15, 0.2) is 0 Å². The van der Waals surface area contributed by atoms with Crippen molar-refractivity contribution >= 4 is 43.4 Å². The maximum Gasteiger partial charge on any atom is 0.104 e. The van der Waals surface area contributed by atoms with Crippen LogP contribution < -0.4 is 4.74 Å². The van der Waals surface area contributed by atoms with Gasteiger partial charge < -0.3 is 9.72 Å². The molecule has 1 radical (unpaired) electrons. The summed E-state index contributed by atoms with van der Waals surface area (Å²) in [6, 6.07) is 41.5. The molecule has 0 aliphatic carbocycles. The first-order valence-electron chi connectivity index (χ1n) is 11.9. The second-order valence-electron chi connectivity index (χ2n) is 8.82. The van der Waals surface area contributed by atoms with E-state index >= 15 is 0 Å². The molecule has 0 unspecified atom stereocenters. The molecular weight excluding hydrogens is 633 g/mol. The van der Waals surface area contributed by atoms with Crippen LogP contribution >= 0.6 is 0 Å². The van der Waals surface area contributed by atoms with Crippen molar-refractivity contribution < 1.29 is 24.8 Å². The molecule has 0 bridgehead atoms. The van der Waals surface area contributed by atoms with Crippen LogP contribution in [-0.2, 0) is 26.7 Å². The average Bonchev–Trinajstić information content (AvgIpc) is 2.96. The summed E-state index contributed by atoms with van der Waals surface area (Å²) in [6.45, 7) is 0.570. The number of rotatable bonds is 0. The fourth-order valence-electron chi connectivity index (χ4n) is 4.90. The zero-order valence-electron chi connectivity index (χ0n) is 19.7. The Morgan fingerprint density at radius 3 is 2.46 bits per heavy atom. The van der Waals surface area contributed by atoms with Gasteiger partial charge in [-0.05, 0) is 29.1 Å². The van der Waals surface area contributed by atoms with Gasteiger partial charge in [0.1, 0.15) is 5.75 Å². The van der Waals surface area contributed by atoms with E-state index in [9.17, 15) is 0 Å². The second kappa shape index (κ2) is 9.74. The second-order valence-corrected chi connectivity index (χ2v) is 8.82. The molecule has 0 atom stereocenters. The van der Waals surface area contributed by atoms with Crippen LogP contribution in [0.25, 0.3) is 54.6 Å². The molecular formula is C33H20IrN2O-2. The molecule has 179 valence electrons. The molecule has 37 heavy (non-hydrogen) atoms. The quantitative estimate of drug-likeness (QED) is 0.123. The zero-order chi connectivity index (χ0) is 23.9. The Morgan fingerprint density at radius 1 is 0.730 bits per heavy atom. The Hall–Kier alpha value is -4.11. The number of aromatic nitrogens is 2. The number of hydrogen-bond acceptors (Lipinski definition) is 3. The van der Waals surface area contributed by atoms with Crippen molar-refractivity contribution in [2.45, 2.75) is 6.61 Å². The van der Waals surface area contributed by atoms with Gasteiger partial charge in [-0.1, -0.05) is 77.0 Å². The van der Waals surface area contributed by atoms with Gasteiger partial charge >= 0.3 is 0 Å². The Morgan fingerprint density at radius 2 is 1.51 bits per heavy atom. The summed E-state index contributed by atoms with van der Waals surface area (Å²) >= 11 is 0. The van der Waals surface area contributed by atoms with Crippen molar-refractivity contribution in [3.63, 3.8) is 0 Å². The summed E-state index contributed by atoms with van der Waals surface area (Å²) < 4.78 is 5.98. The predicted octanol–water partition coefficient (Wildman–Crippen LogP) is 7.93. The summed E-state index contributed by atoms with van der Waals surface area (Å²) in [5.74, 6) is 0.845. The fourth-order valence-corrected chi connectivity index (χ4v) is 4.90. The van der Waals surface area contributed by atoms with E-state index in [2.05, 4.69) is 71.7 Å². The monoisotopic (exact) mass is 653 g/mol. The molecule has 7 aromatic rings. The van der Waals surface area contributed by atoms with E-state index in [0.29, 0.717) is 6.61 Å².